The average Bonchev–Trinajstić information content (AvgIpc) is 3.17. The molecule has 27 heavy (non-hydrogen) atoms. The molecule has 2 aromatic carbocycles. The maximum absolute atomic E-state index is 13.0. The summed E-state index contributed by atoms with van der Waals surface area (Å²) in [6, 6.07) is 17.0. The number of carbonyl (C=O) groups is 1. The number of halogens is 3. The highest BCUT2D eigenvalue weighted by atomic mass is 19.4. The zero-order chi connectivity index (χ0) is 19.4. The Morgan fingerprint density at radius 3 is 2.30 bits per heavy atom. The summed E-state index contributed by atoms with van der Waals surface area (Å²) in [5.41, 5.74) is 0.165. The van der Waals surface area contributed by atoms with Crippen molar-refractivity contribution in [2.75, 3.05) is 0 Å². The van der Waals surface area contributed by atoms with Gasteiger partial charge in [0.1, 0.15) is 17.3 Å². The number of rotatable bonds is 4. The zero-order valence-corrected chi connectivity index (χ0v) is 13.8. The predicted molar refractivity (Wildman–Crippen MR) is 92.9 cm³/mol. The third kappa shape index (κ3) is 3.96. The summed E-state index contributed by atoms with van der Waals surface area (Å²) in [7, 11) is 0. The standard InChI is InChI=1S/C20H12F3N3O/c21-20(22,23)18-10-11-25-26(18)17-8-6-14(7-9-17)12-16(13-24)19(27)15-4-2-1-3-5-15/h1-12H/b16-12+. The Bertz CT molecular complexity index is 1030. The van der Waals surface area contributed by atoms with Gasteiger partial charge in [-0.3, -0.25) is 4.79 Å². The molecule has 0 N–H and O–H groups in total. The van der Waals surface area contributed by atoms with Gasteiger partial charge in [0.15, 0.2) is 0 Å². The van der Waals surface area contributed by atoms with E-state index in [1.54, 1.807) is 30.3 Å². The van der Waals surface area contributed by atoms with E-state index >= 15 is 0 Å². The van der Waals surface area contributed by atoms with Crippen LogP contribution in [0.15, 0.2) is 72.4 Å². The van der Waals surface area contributed by atoms with E-state index in [9.17, 15) is 23.2 Å². The van der Waals surface area contributed by atoms with Crippen LogP contribution in [0.3, 0.4) is 0 Å². The first-order valence-electron chi connectivity index (χ1n) is 7.83. The van der Waals surface area contributed by atoms with Crippen molar-refractivity contribution in [1.29, 1.82) is 5.26 Å². The third-order valence-corrected chi connectivity index (χ3v) is 3.78. The molecule has 0 bridgehead atoms. The molecule has 4 nitrogen and oxygen atoms in total. The van der Waals surface area contributed by atoms with Gasteiger partial charge in [-0.15, -0.1) is 0 Å². The molecule has 0 fully saturated rings. The van der Waals surface area contributed by atoms with Gasteiger partial charge in [0, 0.05) is 5.56 Å². The van der Waals surface area contributed by atoms with Crippen molar-refractivity contribution in [3.8, 4) is 11.8 Å². The van der Waals surface area contributed by atoms with Crippen LogP contribution in [-0.4, -0.2) is 15.6 Å². The van der Waals surface area contributed by atoms with Crippen molar-refractivity contribution in [2.24, 2.45) is 0 Å². The second kappa shape index (κ2) is 7.30. The highest BCUT2D eigenvalue weighted by Crippen LogP contribution is 2.30. The fraction of sp³-hybridized carbons (Fsp3) is 0.0500. The van der Waals surface area contributed by atoms with E-state index < -0.39 is 17.7 Å². The Morgan fingerprint density at radius 2 is 1.70 bits per heavy atom. The summed E-state index contributed by atoms with van der Waals surface area (Å²) in [5, 5.41) is 13.0. The number of aromatic nitrogens is 2. The first-order chi connectivity index (χ1) is 12.9. The van der Waals surface area contributed by atoms with Crippen LogP contribution in [0.4, 0.5) is 13.2 Å². The Morgan fingerprint density at radius 1 is 1.04 bits per heavy atom. The minimum absolute atomic E-state index is 0.0657. The van der Waals surface area contributed by atoms with Gasteiger partial charge in [-0.25, -0.2) is 4.68 Å². The maximum Gasteiger partial charge on any atom is 0.433 e. The Hall–Kier alpha value is -3.66. The lowest BCUT2D eigenvalue weighted by atomic mass is 10.0. The Kier molecular flexibility index (Phi) is 4.90. The first kappa shape index (κ1) is 18.1. The number of allylic oxidation sites excluding steroid dienone is 1. The van der Waals surface area contributed by atoms with Crippen LogP contribution < -0.4 is 0 Å². The van der Waals surface area contributed by atoms with Crippen molar-refractivity contribution in [2.45, 2.75) is 6.18 Å². The molecule has 0 radical (unpaired) electrons. The molecule has 0 spiro atoms. The van der Waals surface area contributed by atoms with E-state index in [2.05, 4.69) is 5.10 Å². The summed E-state index contributed by atoms with van der Waals surface area (Å²) in [4.78, 5) is 12.4. The lowest BCUT2D eigenvalue weighted by Crippen LogP contribution is -2.13. The fourth-order valence-corrected chi connectivity index (χ4v) is 2.50. The third-order valence-electron chi connectivity index (χ3n) is 3.78. The van der Waals surface area contributed by atoms with Crippen molar-refractivity contribution < 1.29 is 18.0 Å². The smallest absolute Gasteiger partial charge is 0.288 e. The first-order valence-corrected chi connectivity index (χ1v) is 7.83. The normalized spacial score (nSPS) is 11.9. The minimum Gasteiger partial charge on any atom is -0.288 e. The van der Waals surface area contributed by atoms with Gasteiger partial charge >= 0.3 is 6.18 Å². The van der Waals surface area contributed by atoms with Crippen LogP contribution in [0.5, 0.6) is 0 Å². The van der Waals surface area contributed by atoms with Gasteiger partial charge in [-0.05, 0) is 29.8 Å². The summed E-state index contributed by atoms with van der Waals surface area (Å²) >= 11 is 0. The van der Waals surface area contributed by atoms with Crippen LogP contribution in [0.2, 0.25) is 0 Å². The molecular weight excluding hydrogens is 355 g/mol. The van der Waals surface area contributed by atoms with Crippen molar-refractivity contribution in [3.05, 3.63) is 89.3 Å². The molecule has 0 saturated carbocycles. The number of hydrogen-bond acceptors (Lipinski definition) is 3. The number of benzene rings is 2. The molecule has 0 amide bonds. The highest BCUT2D eigenvalue weighted by molar-refractivity contribution is 6.14. The second-order valence-corrected chi connectivity index (χ2v) is 5.58. The second-order valence-electron chi connectivity index (χ2n) is 5.58. The van der Waals surface area contributed by atoms with Gasteiger partial charge in [-0.1, -0.05) is 42.5 Å². The van der Waals surface area contributed by atoms with Gasteiger partial charge in [0.2, 0.25) is 5.78 Å². The molecule has 3 aromatic rings. The Balaban J connectivity index is 1.90. The molecule has 1 aromatic heterocycles. The number of alkyl halides is 3. The lowest BCUT2D eigenvalue weighted by Gasteiger charge is -2.10. The largest absolute Gasteiger partial charge is 0.433 e. The summed E-state index contributed by atoms with van der Waals surface area (Å²) in [6.45, 7) is 0. The van der Waals surface area contributed by atoms with Crippen molar-refractivity contribution >= 4 is 11.9 Å². The van der Waals surface area contributed by atoms with Crippen LogP contribution >= 0.6 is 0 Å². The minimum atomic E-state index is -4.52. The van der Waals surface area contributed by atoms with E-state index in [4.69, 9.17) is 0 Å². The van der Waals surface area contributed by atoms with Gasteiger partial charge in [-0.2, -0.15) is 23.5 Å². The van der Waals surface area contributed by atoms with Crippen molar-refractivity contribution in [1.82, 2.24) is 9.78 Å². The van der Waals surface area contributed by atoms with Crippen LogP contribution in [0, 0.1) is 11.3 Å². The molecule has 1 heterocycles. The zero-order valence-electron chi connectivity index (χ0n) is 13.8. The monoisotopic (exact) mass is 367 g/mol. The summed E-state index contributed by atoms with van der Waals surface area (Å²) in [6.07, 6.45) is -2.05. The SMILES string of the molecule is N#C/C(=C\c1ccc(-n2nccc2C(F)(F)F)cc1)C(=O)c1ccccc1. The quantitative estimate of drug-likeness (QED) is 0.382. The predicted octanol–water partition coefficient (Wildman–Crippen LogP) is 4.68. The lowest BCUT2D eigenvalue weighted by molar-refractivity contribution is -0.142. The van der Waals surface area contributed by atoms with E-state index in [-0.39, 0.29) is 11.3 Å². The fourth-order valence-electron chi connectivity index (χ4n) is 2.50. The topological polar surface area (TPSA) is 58.7 Å². The van der Waals surface area contributed by atoms with E-state index in [0.29, 0.717) is 11.1 Å². The highest BCUT2D eigenvalue weighted by Gasteiger charge is 2.35. The molecule has 3 rings (SSSR count). The molecule has 0 saturated heterocycles. The summed E-state index contributed by atoms with van der Waals surface area (Å²) in [5.74, 6) is -0.423. The van der Waals surface area contributed by atoms with Crippen LogP contribution in [0.1, 0.15) is 21.6 Å². The molecular formula is C20H12F3N3O. The Labute approximate surface area is 152 Å². The molecule has 0 aliphatic carbocycles. The summed E-state index contributed by atoms with van der Waals surface area (Å²) < 4.78 is 39.7. The number of nitrogens with zero attached hydrogens (tertiary/aromatic N) is 3. The molecule has 0 atom stereocenters. The van der Waals surface area contributed by atoms with Gasteiger partial charge in [0.25, 0.3) is 0 Å². The van der Waals surface area contributed by atoms with E-state index in [1.165, 1.54) is 30.3 Å². The number of Topliss-reactive ketones (excluding diaryl/α,β-unsaturated/α-hetero) is 1. The molecule has 0 unspecified atom stereocenters. The number of nitriles is 1. The molecule has 0 aliphatic rings. The van der Waals surface area contributed by atoms with Gasteiger partial charge < -0.3 is 0 Å². The number of ketones is 1. The van der Waals surface area contributed by atoms with Crippen LogP contribution in [0.25, 0.3) is 11.8 Å². The molecule has 134 valence electrons. The van der Waals surface area contributed by atoms with Gasteiger partial charge in [0.05, 0.1) is 11.9 Å². The van der Waals surface area contributed by atoms with E-state index in [0.717, 1.165) is 16.9 Å². The average molecular weight is 367 g/mol. The number of carbonyl (C=O) groups excluding carboxylic acids is 1. The van der Waals surface area contributed by atoms with Crippen molar-refractivity contribution in [3.63, 3.8) is 0 Å². The molecule has 7 heteroatoms. The van der Waals surface area contributed by atoms with Crippen LogP contribution in [-0.2, 0) is 6.18 Å². The molecule has 0 aliphatic heterocycles. The van der Waals surface area contributed by atoms with E-state index in [1.807, 2.05) is 6.07 Å². The maximum atomic E-state index is 13.0. The number of hydrogen-bond donors (Lipinski definition) is 0.